The van der Waals surface area contributed by atoms with Gasteiger partial charge in [0.1, 0.15) is 0 Å². The van der Waals surface area contributed by atoms with Crippen LogP contribution in [0, 0.1) is 0 Å². The molecule has 1 aromatic carbocycles. The molecule has 1 amide bonds. The van der Waals surface area contributed by atoms with Gasteiger partial charge in [-0.25, -0.2) is 4.79 Å². The number of aromatic carboxylic acids is 1. The first-order valence-corrected chi connectivity index (χ1v) is 7.13. The molecule has 0 aliphatic heterocycles. The normalized spacial score (nSPS) is 16.3. The van der Waals surface area contributed by atoms with Crippen LogP contribution in [0.5, 0.6) is 0 Å². The van der Waals surface area contributed by atoms with Gasteiger partial charge in [0.2, 0.25) is 5.91 Å². The van der Waals surface area contributed by atoms with Gasteiger partial charge in [-0.15, -0.1) is 0 Å². The minimum Gasteiger partial charge on any atom is -0.478 e. The monoisotopic (exact) mass is 341 g/mol. The highest BCUT2D eigenvalue weighted by Crippen LogP contribution is 2.38. The fourth-order valence-corrected chi connectivity index (χ4v) is 2.67. The van der Waals surface area contributed by atoms with Gasteiger partial charge >= 0.3 is 5.97 Å². The summed E-state index contributed by atoms with van der Waals surface area (Å²) in [6.07, 6.45) is 3.03. The Balaban J connectivity index is 2.10. The Kier molecular flexibility index (Phi) is 4.45. The third-order valence-electron chi connectivity index (χ3n) is 3.67. The van der Waals surface area contributed by atoms with E-state index in [-0.39, 0.29) is 23.5 Å². The molecule has 1 fully saturated rings. The molecule has 0 bridgehead atoms. The molecule has 1 aliphatic carbocycles. The van der Waals surface area contributed by atoms with Crippen LogP contribution in [-0.2, 0) is 9.53 Å². The van der Waals surface area contributed by atoms with Crippen molar-refractivity contribution in [2.75, 3.05) is 12.4 Å². The number of halogens is 1. The molecule has 6 heteroatoms. The Morgan fingerprint density at radius 1 is 1.45 bits per heavy atom. The maximum Gasteiger partial charge on any atom is 0.337 e. The third kappa shape index (κ3) is 3.19. The molecule has 1 aromatic rings. The molecule has 108 valence electrons. The number of anilines is 1. The van der Waals surface area contributed by atoms with Crippen molar-refractivity contribution in [3.63, 3.8) is 0 Å². The summed E-state index contributed by atoms with van der Waals surface area (Å²) in [5.74, 6) is -1.30. The predicted molar refractivity (Wildman–Crippen MR) is 77.9 cm³/mol. The van der Waals surface area contributed by atoms with Crippen molar-refractivity contribution in [3.8, 4) is 0 Å². The number of amides is 1. The van der Waals surface area contributed by atoms with Crippen LogP contribution in [0.4, 0.5) is 5.69 Å². The number of nitrogens with one attached hydrogen (secondary N) is 1. The highest BCUT2D eigenvalue weighted by molar-refractivity contribution is 9.10. The van der Waals surface area contributed by atoms with E-state index in [2.05, 4.69) is 21.2 Å². The summed E-state index contributed by atoms with van der Waals surface area (Å²) in [4.78, 5) is 23.2. The van der Waals surface area contributed by atoms with E-state index in [9.17, 15) is 9.59 Å². The molecular formula is C14H16BrNO4. The van der Waals surface area contributed by atoms with E-state index in [0.717, 1.165) is 19.3 Å². The number of carboxylic acid groups (broad SMARTS) is 1. The SMILES string of the molecule is COC1(CC(=O)Nc2ccc(Br)cc2C(=O)O)CCC1. The quantitative estimate of drug-likeness (QED) is 0.862. The van der Waals surface area contributed by atoms with Crippen LogP contribution in [-0.4, -0.2) is 29.7 Å². The van der Waals surface area contributed by atoms with E-state index >= 15 is 0 Å². The van der Waals surface area contributed by atoms with Crippen LogP contribution in [0.25, 0.3) is 0 Å². The van der Waals surface area contributed by atoms with E-state index in [1.54, 1.807) is 19.2 Å². The first-order chi connectivity index (χ1) is 9.46. The van der Waals surface area contributed by atoms with Gasteiger partial charge < -0.3 is 15.2 Å². The van der Waals surface area contributed by atoms with Gasteiger partial charge in [-0.2, -0.15) is 0 Å². The number of rotatable bonds is 5. The Hall–Kier alpha value is -1.40. The van der Waals surface area contributed by atoms with E-state index in [4.69, 9.17) is 9.84 Å². The average molecular weight is 342 g/mol. The Morgan fingerprint density at radius 3 is 2.65 bits per heavy atom. The highest BCUT2D eigenvalue weighted by Gasteiger charge is 2.39. The summed E-state index contributed by atoms with van der Waals surface area (Å²) in [5.41, 5.74) is -0.00730. The summed E-state index contributed by atoms with van der Waals surface area (Å²) in [5, 5.41) is 11.8. The van der Waals surface area contributed by atoms with Crippen LogP contribution in [0.3, 0.4) is 0 Å². The van der Waals surface area contributed by atoms with Crippen molar-refractivity contribution in [1.82, 2.24) is 0 Å². The van der Waals surface area contributed by atoms with Gasteiger partial charge in [-0.3, -0.25) is 4.79 Å². The van der Waals surface area contributed by atoms with Crippen LogP contribution in [0.2, 0.25) is 0 Å². The largest absolute Gasteiger partial charge is 0.478 e. The van der Waals surface area contributed by atoms with Gasteiger partial charge in [0.25, 0.3) is 0 Å². The summed E-state index contributed by atoms with van der Waals surface area (Å²) in [6, 6.07) is 4.73. The lowest BCUT2D eigenvalue weighted by Crippen LogP contribution is -2.42. The highest BCUT2D eigenvalue weighted by atomic mass is 79.9. The molecule has 0 heterocycles. The zero-order valence-electron chi connectivity index (χ0n) is 11.1. The van der Waals surface area contributed by atoms with Crippen LogP contribution in [0.15, 0.2) is 22.7 Å². The molecule has 0 saturated heterocycles. The molecule has 2 N–H and O–H groups in total. The third-order valence-corrected chi connectivity index (χ3v) is 4.16. The molecule has 0 spiro atoms. The fourth-order valence-electron chi connectivity index (χ4n) is 2.31. The van der Waals surface area contributed by atoms with Crippen molar-refractivity contribution < 1.29 is 19.4 Å². The minimum atomic E-state index is -1.08. The first kappa shape index (κ1) is 15.0. The molecule has 0 radical (unpaired) electrons. The van der Waals surface area contributed by atoms with Gasteiger partial charge in [0.15, 0.2) is 0 Å². The standard InChI is InChI=1S/C14H16BrNO4/c1-20-14(5-2-6-14)8-12(17)16-11-4-3-9(15)7-10(11)13(18)19/h3-4,7H,2,5-6,8H2,1H3,(H,16,17)(H,18,19). The average Bonchev–Trinajstić information content (AvgIpc) is 2.36. The lowest BCUT2D eigenvalue weighted by atomic mass is 9.77. The Morgan fingerprint density at radius 2 is 2.15 bits per heavy atom. The number of methoxy groups -OCH3 is 1. The minimum absolute atomic E-state index is 0.0628. The molecule has 1 aliphatic rings. The van der Waals surface area contributed by atoms with Crippen LogP contribution in [0.1, 0.15) is 36.0 Å². The molecule has 20 heavy (non-hydrogen) atoms. The summed E-state index contributed by atoms with van der Waals surface area (Å²) < 4.78 is 6.05. The van der Waals surface area contributed by atoms with E-state index in [1.807, 2.05) is 0 Å². The number of carbonyl (C=O) groups is 2. The van der Waals surface area contributed by atoms with E-state index < -0.39 is 5.97 Å². The van der Waals surface area contributed by atoms with Gasteiger partial charge in [0, 0.05) is 11.6 Å². The molecule has 1 saturated carbocycles. The number of hydrogen-bond acceptors (Lipinski definition) is 3. The Bertz CT molecular complexity index is 534. The lowest BCUT2D eigenvalue weighted by Gasteiger charge is -2.39. The summed E-state index contributed by atoms with van der Waals surface area (Å²) in [7, 11) is 1.61. The summed E-state index contributed by atoms with van der Waals surface area (Å²) in [6.45, 7) is 0. The van der Waals surface area contributed by atoms with Crippen molar-refractivity contribution in [2.24, 2.45) is 0 Å². The van der Waals surface area contributed by atoms with Gasteiger partial charge in [-0.05, 0) is 37.5 Å². The number of carboxylic acids is 1. The second kappa shape index (κ2) is 5.93. The second-order valence-electron chi connectivity index (χ2n) is 4.96. The van der Waals surface area contributed by atoms with E-state index in [1.165, 1.54) is 6.07 Å². The van der Waals surface area contributed by atoms with Crippen LogP contribution < -0.4 is 5.32 Å². The number of carbonyl (C=O) groups excluding carboxylic acids is 1. The molecule has 0 unspecified atom stereocenters. The van der Waals surface area contributed by atoms with E-state index in [0.29, 0.717) is 10.2 Å². The second-order valence-corrected chi connectivity index (χ2v) is 5.88. The smallest absolute Gasteiger partial charge is 0.337 e. The zero-order valence-corrected chi connectivity index (χ0v) is 12.7. The molecule has 0 atom stereocenters. The fraction of sp³-hybridized carbons (Fsp3) is 0.429. The van der Waals surface area contributed by atoms with Crippen molar-refractivity contribution >= 4 is 33.5 Å². The van der Waals surface area contributed by atoms with Crippen molar-refractivity contribution in [2.45, 2.75) is 31.3 Å². The predicted octanol–water partition coefficient (Wildman–Crippen LogP) is 3.05. The number of hydrogen-bond donors (Lipinski definition) is 2. The van der Waals surface area contributed by atoms with Crippen molar-refractivity contribution in [1.29, 1.82) is 0 Å². The topological polar surface area (TPSA) is 75.6 Å². The van der Waals surface area contributed by atoms with Crippen molar-refractivity contribution in [3.05, 3.63) is 28.2 Å². The van der Waals surface area contributed by atoms with Crippen LogP contribution >= 0.6 is 15.9 Å². The maximum absolute atomic E-state index is 12.0. The molecule has 2 rings (SSSR count). The molecular weight excluding hydrogens is 326 g/mol. The zero-order chi connectivity index (χ0) is 14.8. The lowest BCUT2D eigenvalue weighted by molar-refractivity contribution is -0.129. The first-order valence-electron chi connectivity index (χ1n) is 6.34. The summed E-state index contributed by atoms with van der Waals surface area (Å²) >= 11 is 3.22. The number of ether oxygens (including phenoxy) is 1. The van der Waals surface area contributed by atoms with Gasteiger partial charge in [0.05, 0.1) is 23.3 Å². The maximum atomic E-state index is 12.0. The molecule has 5 nitrogen and oxygen atoms in total. The number of benzene rings is 1. The van der Waals surface area contributed by atoms with Gasteiger partial charge in [-0.1, -0.05) is 15.9 Å². The molecule has 0 aromatic heterocycles. The Labute approximate surface area is 125 Å².